The van der Waals surface area contributed by atoms with E-state index in [0.29, 0.717) is 12.1 Å². The highest BCUT2D eigenvalue weighted by Gasteiger charge is 2.39. The molecule has 2 heterocycles. The normalized spacial score (nSPS) is 20.3. The minimum atomic E-state index is -0.343. The van der Waals surface area contributed by atoms with Crippen molar-refractivity contribution in [3.63, 3.8) is 0 Å². The van der Waals surface area contributed by atoms with Crippen LogP contribution >= 0.6 is 0 Å². The van der Waals surface area contributed by atoms with Gasteiger partial charge in [-0.25, -0.2) is 4.90 Å². The molecule has 1 aliphatic carbocycles. The zero-order valence-corrected chi connectivity index (χ0v) is 26.0. The molecule has 45 heavy (non-hydrogen) atoms. The fourth-order valence-corrected chi connectivity index (χ4v) is 7.01. The molecular weight excluding hydrogens is 560 g/mol. The molecular formula is C39H36N2O4. The minimum Gasteiger partial charge on any atom is -0.269 e. The van der Waals surface area contributed by atoms with Gasteiger partial charge in [-0.1, -0.05) is 92.7 Å². The minimum absolute atomic E-state index is 0.0548. The first-order valence-electron chi connectivity index (χ1n) is 15.5. The van der Waals surface area contributed by atoms with Crippen LogP contribution in [-0.4, -0.2) is 34.6 Å². The summed E-state index contributed by atoms with van der Waals surface area (Å²) in [6, 6.07) is 22.7. The number of amides is 4. The van der Waals surface area contributed by atoms with E-state index in [1.54, 1.807) is 0 Å². The molecule has 0 saturated heterocycles. The second-order valence-electron chi connectivity index (χ2n) is 11.9. The van der Waals surface area contributed by atoms with Crippen molar-refractivity contribution in [1.82, 2.24) is 4.90 Å². The summed E-state index contributed by atoms with van der Waals surface area (Å²) in [4.78, 5) is 53.4. The quantitative estimate of drug-likeness (QED) is 0.263. The van der Waals surface area contributed by atoms with Crippen LogP contribution in [0.2, 0.25) is 0 Å². The van der Waals surface area contributed by atoms with Crippen LogP contribution in [0, 0.1) is 12.8 Å². The molecule has 0 saturated carbocycles. The summed E-state index contributed by atoms with van der Waals surface area (Å²) in [5.41, 5.74) is 8.85. The average Bonchev–Trinajstić information content (AvgIpc) is 3.55. The van der Waals surface area contributed by atoms with E-state index in [4.69, 9.17) is 0 Å². The number of rotatable bonds is 8. The summed E-state index contributed by atoms with van der Waals surface area (Å²) in [5, 5.41) is 0. The molecule has 3 unspecified atom stereocenters. The highest BCUT2D eigenvalue weighted by atomic mass is 16.2. The molecule has 2 aliphatic heterocycles. The smallest absolute Gasteiger partial charge is 0.258 e. The summed E-state index contributed by atoms with van der Waals surface area (Å²) >= 11 is 0. The summed E-state index contributed by atoms with van der Waals surface area (Å²) in [5.74, 6) is -1.43. The Morgan fingerprint density at radius 2 is 1.31 bits per heavy atom. The molecule has 3 aromatic carbocycles. The van der Waals surface area contributed by atoms with Crippen molar-refractivity contribution < 1.29 is 19.2 Å². The van der Waals surface area contributed by atoms with Gasteiger partial charge < -0.3 is 0 Å². The largest absolute Gasteiger partial charge is 0.269 e. The molecule has 0 radical (unpaired) electrons. The second kappa shape index (κ2) is 12.1. The van der Waals surface area contributed by atoms with Gasteiger partial charge in [-0.3, -0.25) is 24.1 Å². The van der Waals surface area contributed by atoms with Gasteiger partial charge in [-0.2, -0.15) is 0 Å². The maximum absolute atomic E-state index is 12.7. The van der Waals surface area contributed by atoms with Gasteiger partial charge in [0.2, 0.25) is 0 Å². The number of hydrogen-bond acceptors (Lipinski definition) is 4. The number of aryl methyl sites for hydroxylation is 2. The van der Waals surface area contributed by atoms with Gasteiger partial charge in [0.15, 0.2) is 0 Å². The Morgan fingerprint density at radius 3 is 1.91 bits per heavy atom. The number of carbonyl (C=O) groups is 4. The van der Waals surface area contributed by atoms with Crippen molar-refractivity contribution in [2.45, 2.75) is 52.5 Å². The van der Waals surface area contributed by atoms with Crippen LogP contribution in [0.1, 0.15) is 55.4 Å². The zero-order valence-electron chi connectivity index (χ0n) is 26.0. The van der Waals surface area contributed by atoms with E-state index in [0.717, 1.165) is 50.9 Å². The van der Waals surface area contributed by atoms with Gasteiger partial charge in [0.1, 0.15) is 0 Å². The molecule has 6 heteroatoms. The van der Waals surface area contributed by atoms with Crippen LogP contribution in [-0.2, 0) is 25.6 Å². The van der Waals surface area contributed by atoms with Crippen molar-refractivity contribution in [3.8, 4) is 11.1 Å². The summed E-state index contributed by atoms with van der Waals surface area (Å²) in [6.45, 7) is 8.06. The molecule has 0 N–H and O–H groups in total. The predicted molar refractivity (Wildman–Crippen MR) is 176 cm³/mol. The van der Waals surface area contributed by atoms with Crippen LogP contribution in [0.15, 0.2) is 114 Å². The molecule has 3 atom stereocenters. The van der Waals surface area contributed by atoms with Crippen LogP contribution in [0.5, 0.6) is 0 Å². The van der Waals surface area contributed by atoms with Crippen molar-refractivity contribution in [2.75, 3.05) is 4.90 Å². The molecule has 0 spiro atoms. The number of nitrogens with zero attached hydrogens (tertiary/aromatic N) is 2. The van der Waals surface area contributed by atoms with Crippen molar-refractivity contribution in [1.29, 1.82) is 0 Å². The van der Waals surface area contributed by atoms with Gasteiger partial charge in [-0.05, 0) is 71.2 Å². The van der Waals surface area contributed by atoms with Gasteiger partial charge >= 0.3 is 0 Å². The maximum Gasteiger partial charge on any atom is 0.258 e. The first-order chi connectivity index (χ1) is 21.7. The molecule has 226 valence electrons. The van der Waals surface area contributed by atoms with E-state index in [9.17, 15) is 19.2 Å². The first-order valence-corrected chi connectivity index (χ1v) is 15.5. The van der Waals surface area contributed by atoms with E-state index >= 15 is 0 Å². The summed E-state index contributed by atoms with van der Waals surface area (Å²) < 4.78 is 0. The fraction of sp³-hybridized carbons (Fsp3) is 0.231. The van der Waals surface area contributed by atoms with E-state index in [-0.39, 0.29) is 41.5 Å². The summed E-state index contributed by atoms with van der Waals surface area (Å²) in [7, 11) is 0. The Kier molecular flexibility index (Phi) is 8.07. The Bertz CT molecular complexity index is 1790. The lowest BCUT2D eigenvalue weighted by Gasteiger charge is -2.37. The lowest BCUT2D eigenvalue weighted by atomic mass is 9.75. The van der Waals surface area contributed by atoms with Crippen molar-refractivity contribution in [2.24, 2.45) is 5.92 Å². The lowest BCUT2D eigenvalue weighted by Crippen LogP contribution is -2.45. The maximum atomic E-state index is 12.7. The third-order valence-electron chi connectivity index (χ3n) is 9.10. The van der Waals surface area contributed by atoms with Gasteiger partial charge in [0.25, 0.3) is 23.6 Å². The Morgan fingerprint density at radius 1 is 0.711 bits per heavy atom. The monoisotopic (exact) mass is 596 g/mol. The molecule has 6 nitrogen and oxygen atoms in total. The highest BCUT2D eigenvalue weighted by Crippen LogP contribution is 2.42. The lowest BCUT2D eigenvalue weighted by molar-refractivity contribution is -0.139. The number of hydrogen-bond donors (Lipinski definition) is 0. The Hall–Kier alpha value is -5.10. The molecule has 0 aromatic heterocycles. The third kappa shape index (κ3) is 5.42. The SMILES string of the molecule is CCc1cc(C(C2=CC(CC)C(N3C(=O)C=CC3=O)C(C)=C2)c2ccc(-c3ccccc3)cc2)cc(C)c1N1C(=O)C=CC1=O. The molecule has 4 amide bonds. The zero-order chi connectivity index (χ0) is 31.8. The Labute approximate surface area is 264 Å². The predicted octanol–water partition coefficient (Wildman–Crippen LogP) is 6.99. The number of allylic oxidation sites excluding steroid dienone is 2. The fourth-order valence-electron chi connectivity index (χ4n) is 7.01. The second-order valence-corrected chi connectivity index (χ2v) is 11.9. The molecule has 0 bridgehead atoms. The van der Waals surface area contributed by atoms with Crippen LogP contribution in [0.4, 0.5) is 5.69 Å². The van der Waals surface area contributed by atoms with E-state index < -0.39 is 0 Å². The highest BCUT2D eigenvalue weighted by molar-refractivity contribution is 6.28. The van der Waals surface area contributed by atoms with Crippen molar-refractivity contribution in [3.05, 3.63) is 137 Å². The molecule has 6 rings (SSSR count). The molecule has 0 fully saturated rings. The summed E-state index contributed by atoms with van der Waals surface area (Å²) in [6.07, 6.45) is 11.1. The van der Waals surface area contributed by atoms with Gasteiger partial charge in [-0.15, -0.1) is 0 Å². The number of carbonyl (C=O) groups excluding carboxylic acids is 4. The average molecular weight is 597 g/mol. The molecule has 3 aliphatic rings. The van der Waals surface area contributed by atoms with Crippen LogP contribution < -0.4 is 4.90 Å². The van der Waals surface area contributed by atoms with Crippen LogP contribution in [0.25, 0.3) is 11.1 Å². The Balaban J connectivity index is 1.48. The number of imide groups is 2. The van der Waals surface area contributed by atoms with E-state index in [1.807, 2.05) is 39.0 Å². The molecule has 3 aromatic rings. The van der Waals surface area contributed by atoms with E-state index in [2.05, 4.69) is 67.6 Å². The number of benzene rings is 3. The van der Waals surface area contributed by atoms with Gasteiger partial charge in [0, 0.05) is 36.1 Å². The third-order valence-corrected chi connectivity index (χ3v) is 9.10. The standard InChI is InChI=1S/C39H36N2O4/c1-5-26-22-31(20-24(3)38(26)40-33(42)16-17-34(40)43)37(30-14-12-29(13-15-30)28-10-8-7-9-11-28)32-21-25(4)39(27(6-2)23-32)41-35(44)18-19-36(41)45/h7-23,26,37-38H,5-6H2,1-4H3. The first kappa shape index (κ1) is 29.9. The van der Waals surface area contributed by atoms with Crippen LogP contribution in [0.3, 0.4) is 0 Å². The van der Waals surface area contributed by atoms with Gasteiger partial charge in [0.05, 0.1) is 11.7 Å². The number of anilines is 1. The topological polar surface area (TPSA) is 74.8 Å². The van der Waals surface area contributed by atoms with Crippen molar-refractivity contribution >= 4 is 29.3 Å². The van der Waals surface area contributed by atoms with E-state index in [1.165, 1.54) is 34.1 Å².